The minimum absolute atomic E-state index is 0.0390. The predicted octanol–water partition coefficient (Wildman–Crippen LogP) is 5.62. The van der Waals surface area contributed by atoms with Crippen molar-refractivity contribution in [2.24, 2.45) is 28.8 Å². The molecule has 2 fully saturated rings. The molecule has 5 rings (SSSR count). The molecular weight excluding hydrogens is 1150 g/mol. The molecule has 0 spiro atoms. The highest BCUT2D eigenvalue weighted by atomic mass is 16.6. The van der Waals surface area contributed by atoms with E-state index in [0.29, 0.717) is 156 Å². The molecule has 1 saturated carbocycles. The molecule has 1 saturated heterocycles. The van der Waals surface area contributed by atoms with E-state index >= 15 is 0 Å². The lowest BCUT2D eigenvalue weighted by molar-refractivity contribution is -0.136. The number of nitrogens with one attached hydrogen (secondary N) is 3. The van der Waals surface area contributed by atoms with E-state index < -0.39 is 30.3 Å². The number of carbonyl (C=O) groups excluding carboxylic acids is 3. The van der Waals surface area contributed by atoms with Crippen LogP contribution in [0, 0.1) is 29.1 Å². The number of aliphatic hydroxyl groups is 3. The number of piperidine rings is 1. The molecule has 89 heavy (non-hydrogen) atoms. The van der Waals surface area contributed by atoms with E-state index in [0.717, 1.165) is 64.2 Å². The molecule has 26 heteroatoms. The summed E-state index contributed by atoms with van der Waals surface area (Å²) in [6, 6.07) is 5.25. The summed E-state index contributed by atoms with van der Waals surface area (Å²) in [6.45, 7) is 16.2. The van der Waals surface area contributed by atoms with Crippen molar-refractivity contribution in [3.8, 4) is 0 Å². The minimum Gasteiger partial charge on any atom is -0.464 e. The van der Waals surface area contributed by atoms with E-state index in [1.54, 1.807) is 31.2 Å². The van der Waals surface area contributed by atoms with Crippen LogP contribution >= 0.6 is 0 Å². The Labute approximate surface area is 524 Å². The molecule has 1 aliphatic heterocycles. The van der Waals surface area contributed by atoms with Gasteiger partial charge in [0.2, 0.25) is 5.91 Å². The lowest BCUT2D eigenvalue weighted by Gasteiger charge is -2.33. The molecule has 2 amide bonds. The lowest BCUT2D eigenvalue weighted by atomic mass is 9.83. The molecule has 0 unspecified atom stereocenters. The molecule has 6 atom stereocenters. The van der Waals surface area contributed by atoms with Gasteiger partial charge in [-0.15, -0.1) is 0 Å². The number of aliphatic hydroxyl groups excluding tert-OH is 3. The van der Waals surface area contributed by atoms with E-state index in [4.69, 9.17) is 64.0 Å². The van der Waals surface area contributed by atoms with Crippen LogP contribution < -0.4 is 22.1 Å². The third-order valence-electron chi connectivity index (χ3n) is 16.0. The van der Waals surface area contributed by atoms with E-state index in [1.807, 2.05) is 18.7 Å². The number of unbranched alkanes of at least 4 members (excludes halogenated alkanes) is 1. The van der Waals surface area contributed by atoms with Gasteiger partial charge in [0.05, 0.1) is 102 Å². The fourth-order valence-electron chi connectivity index (χ4n) is 11.0. The number of hydrogen-bond donors (Lipinski definition) is 8. The van der Waals surface area contributed by atoms with Gasteiger partial charge < -0.3 is 89.5 Å². The van der Waals surface area contributed by atoms with Crippen molar-refractivity contribution < 1.29 is 76.9 Å². The highest BCUT2D eigenvalue weighted by Crippen LogP contribution is 2.31. The van der Waals surface area contributed by atoms with Gasteiger partial charge in [-0.25, -0.2) is 9.97 Å². The zero-order chi connectivity index (χ0) is 64.3. The second kappa shape index (κ2) is 41.4. The summed E-state index contributed by atoms with van der Waals surface area (Å²) in [4.78, 5) is 57.1. The van der Waals surface area contributed by atoms with E-state index in [2.05, 4.69) is 44.6 Å². The molecule has 1 aromatic carbocycles. The van der Waals surface area contributed by atoms with Gasteiger partial charge in [0.15, 0.2) is 12.2 Å². The lowest BCUT2D eigenvalue weighted by Crippen LogP contribution is -2.42. The molecule has 0 radical (unpaired) electrons. The normalized spacial score (nSPS) is 18.1. The van der Waals surface area contributed by atoms with Gasteiger partial charge in [-0.1, -0.05) is 38.9 Å². The number of rotatable bonds is 46. The number of nitrogen functional groups attached to an aromatic ring is 2. The number of oxime groups is 1. The molecule has 2 aliphatic rings. The van der Waals surface area contributed by atoms with Crippen molar-refractivity contribution in [3.05, 3.63) is 47.3 Å². The van der Waals surface area contributed by atoms with Gasteiger partial charge >= 0.3 is 0 Å². The molecular formula is C63H102N10O16. The summed E-state index contributed by atoms with van der Waals surface area (Å²) in [5.41, 5.74) is 15.1. The van der Waals surface area contributed by atoms with Gasteiger partial charge in [-0.05, 0) is 113 Å². The molecule has 2 aromatic heterocycles. The number of fused-ring (bicyclic) bond motifs is 1. The average Bonchev–Trinajstić information content (AvgIpc) is 3.45. The molecule has 0 bridgehead atoms. The van der Waals surface area contributed by atoms with Crippen LogP contribution in [-0.4, -0.2) is 214 Å². The van der Waals surface area contributed by atoms with Crippen LogP contribution in [0.1, 0.15) is 129 Å². The molecule has 10 N–H and O–H groups in total. The van der Waals surface area contributed by atoms with Crippen LogP contribution in [0.2, 0.25) is 0 Å². The third kappa shape index (κ3) is 27.2. The number of amides is 2. The highest BCUT2D eigenvalue weighted by molar-refractivity contribution is 6.17. The number of methoxy groups -OCH3 is 1. The van der Waals surface area contributed by atoms with Crippen LogP contribution in [0.5, 0.6) is 0 Å². The van der Waals surface area contributed by atoms with Crippen molar-refractivity contribution in [2.45, 2.75) is 155 Å². The van der Waals surface area contributed by atoms with Crippen LogP contribution in [0.25, 0.3) is 11.1 Å². The van der Waals surface area contributed by atoms with Crippen molar-refractivity contribution in [2.75, 3.05) is 129 Å². The zero-order valence-corrected chi connectivity index (χ0v) is 53.3. The van der Waals surface area contributed by atoms with Crippen molar-refractivity contribution in [3.63, 3.8) is 0 Å². The van der Waals surface area contributed by atoms with E-state index in [1.165, 1.54) is 13.4 Å². The largest absolute Gasteiger partial charge is 0.464 e. The quantitative estimate of drug-likeness (QED) is 0.0112. The summed E-state index contributed by atoms with van der Waals surface area (Å²) in [5.74, 6) is 0.608. The predicted molar refractivity (Wildman–Crippen MR) is 336 cm³/mol. The fourth-order valence-corrected chi connectivity index (χ4v) is 11.0. The van der Waals surface area contributed by atoms with E-state index in [-0.39, 0.29) is 73.6 Å². The van der Waals surface area contributed by atoms with Gasteiger partial charge in [-0.3, -0.25) is 19.8 Å². The summed E-state index contributed by atoms with van der Waals surface area (Å²) in [5, 5.41) is 52.0. The van der Waals surface area contributed by atoms with E-state index in [9.17, 15) is 29.7 Å². The first-order chi connectivity index (χ1) is 43.0. The van der Waals surface area contributed by atoms with Gasteiger partial charge in [0.1, 0.15) is 41.8 Å². The number of anilines is 3. The number of likely N-dealkylation sites (tertiary alicyclic amines) is 1. The van der Waals surface area contributed by atoms with Crippen molar-refractivity contribution >= 4 is 58.5 Å². The maximum atomic E-state index is 13.0. The van der Waals surface area contributed by atoms with Gasteiger partial charge in [-0.2, -0.15) is 4.98 Å². The Morgan fingerprint density at radius 1 is 0.854 bits per heavy atom. The smallest absolute Gasteiger partial charge is 0.293 e. The Morgan fingerprint density at radius 3 is 2.10 bits per heavy atom. The Morgan fingerprint density at radius 2 is 1.48 bits per heavy atom. The fraction of sp³-hybridized carbons (Fsp3) is 0.714. The Hall–Kier alpha value is -5.94. The number of benzene rings is 1. The number of ether oxygens (including phenoxy) is 8. The number of carbonyl (C=O) groups is 3. The standard InChI is InChI=1S/C63H102N10O16/c1-42(2)35-44(4)58(60(80-6)59(79)45(5)36-43(3)52(76)38-50(87-41-74)16-12-46-10-14-49(75)15-11-46)72-88-39-54(77)67-20-24-82-26-28-84-30-32-86-34-33-85-31-29-83-27-25-81-23-8-7-9-55(78)73-21-18-48(19-22-73)70-62-56(61(65)68-40-69-62)57(64)47-13-17-53-51(37-47)71-63(66)89-53/h13,17,36-37,40-44,46,48-50,52,59-60,64,75-76,79H,7-12,14-16,18-35,38-39H2,1-6H3,(H2,66,71)(H,67,77)(H3,65,68,69,70)/b45-36+,64-57?,72-58+/t43-,44-,46-,49-,50-,52-,59-,60+/m1/s1. The summed E-state index contributed by atoms with van der Waals surface area (Å²) < 4.78 is 50.1. The molecule has 1 aliphatic carbocycles. The minimum atomic E-state index is -1.13. The summed E-state index contributed by atoms with van der Waals surface area (Å²) in [6.07, 6.45) is 8.93. The molecule has 26 nitrogen and oxygen atoms in total. The third-order valence-corrected chi connectivity index (χ3v) is 16.0. The Balaban J connectivity index is 0.813. The topological polar surface area (TPSA) is 362 Å². The van der Waals surface area contributed by atoms with Crippen LogP contribution in [0.3, 0.4) is 0 Å². The summed E-state index contributed by atoms with van der Waals surface area (Å²) >= 11 is 0. The number of hydrogen-bond acceptors (Lipinski definition) is 24. The first kappa shape index (κ1) is 73.8. The first-order valence-electron chi connectivity index (χ1n) is 31.6. The van der Waals surface area contributed by atoms with Crippen LogP contribution in [0.4, 0.5) is 17.7 Å². The van der Waals surface area contributed by atoms with Gasteiger partial charge in [0.25, 0.3) is 18.4 Å². The SMILES string of the molecule is CO[C@@H](/C(=N/OCC(=O)NCCOCCOCCOCCOCCOCCOCCCCC(=O)N1CCC(Nc2ncnc(N)c2C(=N)c2ccc3oc(N)nc3c2)CC1)[C@H](C)CC(C)C)[C@H](O)/C(C)=C/[C@@H](C)[C@H](O)C[C@@H](CC[C@H]1CC[C@H](O)CC1)OC=O. The first-order valence-corrected chi connectivity index (χ1v) is 31.6. The molecule has 3 aromatic rings. The van der Waals surface area contributed by atoms with Gasteiger partial charge in [0, 0.05) is 69.6 Å². The van der Waals surface area contributed by atoms with Crippen molar-refractivity contribution in [1.82, 2.24) is 25.2 Å². The maximum Gasteiger partial charge on any atom is 0.293 e. The Kier molecular flexibility index (Phi) is 34.4. The van der Waals surface area contributed by atoms with Crippen LogP contribution in [0.15, 0.2) is 45.7 Å². The number of oxazole rings is 1. The van der Waals surface area contributed by atoms with Crippen molar-refractivity contribution in [1.29, 1.82) is 5.41 Å². The maximum absolute atomic E-state index is 13.0. The summed E-state index contributed by atoms with van der Waals surface area (Å²) in [7, 11) is 1.48. The van der Waals surface area contributed by atoms with Crippen LogP contribution in [-0.2, 0) is 57.1 Å². The second-order valence-electron chi connectivity index (χ2n) is 23.5. The highest BCUT2D eigenvalue weighted by Gasteiger charge is 2.32. The number of nitrogens with two attached hydrogens (primary N) is 2. The number of aromatic nitrogens is 3. The monoisotopic (exact) mass is 1250 g/mol. The number of nitrogens with zero attached hydrogens (tertiary/aromatic N) is 5. The molecule has 3 heterocycles. The Bertz CT molecular complexity index is 2590. The molecule has 500 valence electrons. The second-order valence-corrected chi connectivity index (χ2v) is 23.5. The average molecular weight is 1260 g/mol. The zero-order valence-electron chi connectivity index (χ0n) is 53.3.